The highest BCUT2D eigenvalue weighted by Gasteiger charge is 2.37. The predicted octanol–water partition coefficient (Wildman–Crippen LogP) is 0.519. The van der Waals surface area contributed by atoms with Gasteiger partial charge in [0.05, 0.1) is 4.90 Å². The van der Waals surface area contributed by atoms with E-state index in [0.29, 0.717) is 19.6 Å². The van der Waals surface area contributed by atoms with Gasteiger partial charge in [-0.25, -0.2) is 13.6 Å². The molecule has 0 spiro atoms. The number of carbonyl (C=O) groups excluding carboxylic acids is 1. The normalized spacial score (nSPS) is 22.7. The quantitative estimate of drug-likeness (QED) is 0.846. The number of rotatable bonds is 4. The van der Waals surface area contributed by atoms with Gasteiger partial charge in [-0.2, -0.15) is 0 Å². The largest absolute Gasteiger partial charge is 0.365 e. The van der Waals surface area contributed by atoms with Gasteiger partial charge in [0.1, 0.15) is 5.60 Å². The van der Waals surface area contributed by atoms with Gasteiger partial charge in [0, 0.05) is 13.2 Å². The van der Waals surface area contributed by atoms with Crippen LogP contribution in [0.1, 0.15) is 25.3 Å². The highest BCUT2D eigenvalue weighted by Crippen LogP contribution is 2.25. The van der Waals surface area contributed by atoms with E-state index in [0.717, 1.165) is 12.0 Å². The molecule has 110 valence electrons. The molecule has 1 aromatic carbocycles. The third-order valence-corrected chi connectivity index (χ3v) is 4.33. The lowest BCUT2D eigenvalue weighted by atomic mass is 10.0. The van der Waals surface area contributed by atoms with Gasteiger partial charge in [-0.3, -0.25) is 4.79 Å². The van der Waals surface area contributed by atoms with Crippen LogP contribution in [0.5, 0.6) is 0 Å². The molecule has 0 aliphatic carbocycles. The summed E-state index contributed by atoms with van der Waals surface area (Å²) in [6.45, 7) is 2.70. The Morgan fingerprint density at radius 2 is 2.05 bits per heavy atom. The molecule has 0 bridgehead atoms. The molecule has 1 unspecified atom stereocenters. The summed E-state index contributed by atoms with van der Waals surface area (Å²) < 4.78 is 27.7. The fourth-order valence-electron chi connectivity index (χ4n) is 2.12. The van der Waals surface area contributed by atoms with Crippen LogP contribution >= 0.6 is 0 Å². The van der Waals surface area contributed by atoms with Crippen LogP contribution in [-0.4, -0.2) is 26.5 Å². The monoisotopic (exact) mass is 298 g/mol. The molecule has 1 atom stereocenters. The first-order valence-corrected chi connectivity index (χ1v) is 7.90. The lowest BCUT2D eigenvalue weighted by Crippen LogP contribution is -2.43. The molecule has 1 heterocycles. The molecule has 1 fully saturated rings. The number of nitrogens with one attached hydrogen (secondary N) is 1. The number of benzene rings is 1. The Hall–Kier alpha value is -1.44. The zero-order valence-electron chi connectivity index (χ0n) is 11.3. The maximum atomic E-state index is 12.0. The molecule has 1 aliphatic heterocycles. The minimum atomic E-state index is -3.68. The van der Waals surface area contributed by atoms with Crippen molar-refractivity contribution in [3.63, 3.8) is 0 Å². The van der Waals surface area contributed by atoms with E-state index in [2.05, 4.69) is 5.32 Å². The number of hydrogen-bond acceptors (Lipinski definition) is 4. The zero-order valence-corrected chi connectivity index (χ0v) is 12.1. The van der Waals surface area contributed by atoms with Crippen molar-refractivity contribution in [2.45, 2.75) is 36.8 Å². The van der Waals surface area contributed by atoms with Gasteiger partial charge in [-0.1, -0.05) is 12.1 Å². The Labute approximate surface area is 118 Å². The van der Waals surface area contributed by atoms with E-state index in [1.807, 2.05) is 0 Å². The maximum Gasteiger partial charge on any atom is 0.252 e. The van der Waals surface area contributed by atoms with E-state index >= 15 is 0 Å². The van der Waals surface area contributed by atoms with Gasteiger partial charge in [0.25, 0.3) is 5.91 Å². The van der Waals surface area contributed by atoms with E-state index in [1.54, 1.807) is 19.1 Å². The lowest BCUT2D eigenvalue weighted by molar-refractivity contribution is -0.139. The molecule has 1 aliphatic rings. The molecule has 20 heavy (non-hydrogen) atoms. The van der Waals surface area contributed by atoms with Crippen molar-refractivity contribution in [3.05, 3.63) is 29.8 Å². The summed E-state index contributed by atoms with van der Waals surface area (Å²) in [5.74, 6) is -0.148. The second-order valence-electron chi connectivity index (χ2n) is 5.05. The summed E-state index contributed by atoms with van der Waals surface area (Å²) in [7, 11) is -3.68. The smallest absolute Gasteiger partial charge is 0.252 e. The van der Waals surface area contributed by atoms with Crippen molar-refractivity contribution >= 4 is 15.9 Å². The minimum absolute atomic E-state index is 0.0543. The topological polar surface area (TPSA) is 98.5 Å². The predicted molar refractivity (Wildman–Crippen MR) is 73.3 cm³/mol. The Morgan fingerprint density at radius 1 is 1.40 bits per heavy atom. The van der Waals surface area contributed by atoms with Crippen LogP contribution in [0, 0.1) is 0 Å². The summed E-state index contributed by atoms with van der Waals surface area (Å²) in [5.41, 5.74) is 0.0490. The van der Waals surface area contributed by atoms with Crippen molar-refractivity contribution in [3.8, 4) is 0 Å². The molecular formula is C13H18N2O4S. The lowest BCUT2D eigenvalue weighted by Gasteiger charge is -2.21. The number of hydrogen-bond donors (Lipinski definition) is 2. The molecule has 7 heteroatoms. The van der Waals surface area contributed by atoms with E-state index in [4.69, 9.17) is 9.88 Å². The van der Waals surface area contributed by atoms with E-state index in [-0.39, 0.29) is 10.8 Å². The van der Waals surface area contributed by atoms with E-state index in [9.17, 15) is 13.2 Å². The molecule has 0 radical (unpaired) electrons. The Kier molecular flexibility index (Phi) is 4.12. The second-order valence-corrected chi connectivity index (χ2v) is 6.62. The van der Waals surface area contributed by atoms with Gasteiger partial charge < -0.3 is 10.1 Å². The van der Waals surface area contributed by atoms with Crippen LogP contribution in [0.25, 0.3) is 0 Å². The molecular weight excluding hydrogens is 280 g/mol. The number of carbonyl (C=O) groups is 1. The van der Waals surface area contributed by atoms with Crippen LogP contribution in [0.4, 0.5) is 0 Å². The summed E-state index contributed by atoms with van der Waals surface area (Å²) in [6, 6.07) is 6.09. The van der Waals surface area contributed by atoms with Crippen LogP contribution in [0.3, 0.4) is 0 Å². The number of primary sulfonamides is 1. The molecule has 1 amide bonds. The minimum Gasteiger partial charge on any atom is -0.365 e. The molecule has 0 aromatic heterocycles. The van der Waals surface area contributed by atoms with Crippen LogP contribution in [0.15, 0.2) is 29.2 Å². The number of sulfonamides is 1. The number of ether oxygens (including phenoxy) is 1. The summed E-state index contributed by atoms with van der Waals surface area (Å²) in [6.07, 6.45) is 1.59. The Balaban J connectivity index is 1.96. The van der Waals surface area contributed by atoms with Crippen molar-refractivity contribution < 1.29 is 17.9 Å². The van der Waals surface area contributed by atoms with Crippen LogP contribution < -0.4 is 10.5 Å². The van der Waals surface area contributed by atoms with Gasteiger partial charge in [-0.15, -0.1) is 0 Å². The Morgan fingerprint density at radius 3 is 2.55 bits per heavy atom. The average molecular weight is 298 g/mol. The third kappa shape index (κ3) is 3.36. The van der Waals surface area contributed by atoms with Crippen LogP contribution in [-0.2, 0) is 26.1 Å². The van der Waals surface area contributed by atoms with Gasteiger partial charge in [-0.05, 0) is 37.5 Å². The highest BCUT2D eigenvalue weighted by molar-refractivity contribution is 7.89. The fourth-order valence-corrected chi connectivity index (χ4v) is 2.64. The standard InChI is InChI=1S/C13H18N2O4S/c1-13(7-2-8-19-13)12(16)15-9-10-3-5-11(6-4-10)20(14,17)18/h3-6H,2,7-9H2,1H3,(H,15,16)(H2,14,17,18). The number of nitrogens with two attached hydrogens (primary N) is 1. The molecule has 1 saturated heterocycles. The van der Waals surface area contributed by atoms with Gasteiger partial charge >= 0.3 is 0 Å². The van der Waals surface area contributed by atoms with Crippen molar-refractivity contribution in [1.82, 2.24) is 5.32 Å². The first kappa shape index (κ1) is 15.0. The fraction of sp³-hybridized carbons (Fsp3) is 0.462. The average Bonchev–Trinajstić information content (AvgIpc) is 2.84. The molecule has 1 aromatic rings. The van der Waals surface area contributed by atoms with Crippen molar-refractivity contribution in [1.29, 1.82) is 0 Å². The molecule has 0 saturated carbocycles. The van der Waals surface area contributed by atoms with E-state index in [1.165, 1.54) is 12.1 Å². The molecule has 3 N–H and O–H groups in total. The third-order valence-electron chi connectivity index (χ3n) is 3.40. The van der Waals surface area contributed by atoms with Gasteiger partial charge in [0.2, 0.25) is 10.0 Å². The highest BCUT2D eigenvalue weighted by atomic mass is 32.2. The van der Waals surface area contributed by atoms with Crippen LogP contribution in [0.2, 0.25) is 0 Å². The molecule has 2 rings (SSSR count). The molecule has 6 nitrogen and oxygen atoms in total. The summed E-state index contributed by atoms with van der Waals surface area (Å²) >= 11 is 0. The maximum absolute atomic E-state index is 12.0. The second kappa shape index (κ2) is 5.51. The summed E-state index contributed by atoms with van der Waals surface area (Å²) in [4.78, 5) is 12.1. The Bertz CT molecular complexity index is 589. The van der Waals surface area contributed by atoms with E-state index < -0.39 is 15.6 Å². The zero-order chi connectivity index (χ0) is 14.8. The SMILES string of the molecule is CC1(C(=O)NCc2ccc(S(N)(=O)=O)cc2)CCCO1. The van der Waals surface area contributed by atoms with Gasteiger partial charge in [0.15, 0.2) is 0 Å². The first-order chi connectivity index (χ1) is 9.31. The van der Waals surface area contributed by atoms with Crippen molar-refractivity contribution in [2.24, 2.45) is 5.14 Å². The number of amides is 1. The first-order valence-electron chi connectivity index (χ1n) is 6.35. The summed E-state index contributed by atoms with van der Waals surface area (Å²) in [5, 5.41) is 7.81. The van der Waals surface area contributed by atoms with Crippen molar-refractivity contribution in [2.75, 3.05) is 6.61 Å².